The highest BCUT2D eigenvalue weighted by atomic mass is 16.5. The van der Waals surface area contributed by atoms with Crippen molar-refractivity contribution >= 4 is 23.2 Å². The third-order valence-electron chi connectivity index (χ3n) is 4.06. The summed E-state index contributed by atoms with van der Waals surface area (Å²) in [6, 6.07) is 14.7. The van der Waals surface area contributed by atoms with Crippen LogP contribution in [-0.2, 0) is 0 Å². The van der Waals surface area contributed by atoms with Gasteiger partial charge >= 0.3 is 0 Å². The summed E-state index contributed by atoms with van der Waals surface area (Å²) in [4.78, 5) is 12.7. The van der Waals surface area contributed by atoms with E-state index >= 15 is 0 Å². The molecule has 1 amide bonds. The van der Waals surface area contributed by atoms with Gasteiger partial charge in [-0.2, -0.15) is 0 Å². The van der Waals surface area contributed by atoms with Crippen LogP contribution in [0.4, 0.5) is 17.3 Å². The number of anilines is 3. The lowest BCUT2D eigenvalue weighted by atomic mass is 10.1. The number of nitrogens with one attached hydrogen (secondary N) is 2. The number of rotatable bonds is 6. The first kappa shape index (κ1) is 19.2. The molecule has 0 aliphatic heterocycles. The molecule has 0 fully saturated rings. The van der Waals surface area contributed by atoms with E-state index in [1.807, 2.05) is 26.0 Å². The van der Waals surface area contributed by atoms with E-state index in [4.69, 9.17) is 9.47 Å². The molecular formula is C21H22N4O3. The van der Waals surface area contributed by atoms with Gasteiger partial charge in [0.25, 0.3) is 5.91 Å². The summed E-state index contributed by atoms with van der Waals surface area (Å²) < 4.78 is 10.5. The molecule has 7 nitrogen and oxygen atoms in total. The van der Waals surface area contributed by atoms with E-state index in [1.54, 1.807) is 30.3 Å². The van der Waals surface area contributed by atoms with E-state index in [0.29, 0.717) is 28.7 Å². The number of aryl methyl sites for hydroxylation is 2. The minimum atomic E-state index is -0.390. The number of nitrogens with zero attached hydrogens (tertiary/aromatic N) is 2. The molecular weight excluding hydrogens is 356 g/mol. The zero-order valence-electron chi connectivity index (χ0n) is 16.2. The predicted molar refractivity (Wildman–Crippen MR) is 109 cm³/mol. The lowest BCUT2D eigenvalue weighted by molar-refractivity contribution is 0.102. The van der Waals surface area contributed by atoms with Gasteiger partial charge in [-0.3, -0.25) is 4.79 Å². The summed E-state index contributed by atoms with van der Waals surface area (Å²) in [5, 5.41) is 14.1. The van der Waals surface area contributed by atoms with Crippen LogP contribution >= 0.6 is 0 Å². The van der Waals surface area contributed by atoms with Crippen molar-refractivity contribution < 1.29 is 14.3 Å². The van der Waals surface area contributed by atoms with E-state index in [2.05, 4.69) is 26.9 Å². The third-order valence-corrected chi connectivity index (χ3v) is 4.06. The Kier molecular flexibility index (Phi) is 5.74. The van der Waals surface area contributed by atoms with Crippen molar-refractivity contribution in [3.8, 4) is 11.5 Å². The standard InChI is InChI=1S/C21H22N4O3/c1-13-10-14(2)12-15(11-13)22-18-8-9-19(25-24-18)23-21(26)20-16(27-3)6-5-7-17(20)28-4/h5-12H,1-4H3,(H,22,24)(H,23,25,26). The van der Waals surface area contributed by atoms with Gasteiger partial charge in [-0.05, 0) is 61.4 Å². The molecule has 3 rings (SSSR count). The van der Waals surface area contributed by atoms with Crippen LogP contribution in [-0.4, -0.2) is 30.3 Å². The molecule has 1 aromatic heterocycles. The molecule has 0 saturated heterocycles. The molecule has 0 spiro atoms. The number of carbonyl (C=O) groups is 1. The van der Waals surface area contributed by atoms with Gasteiger partial charge in [0.15, 0.2) is 11.6 Å². The SMILES string of the molecule is COc1cccc(OC)c1C(=O)Nc1ccc(Nc2cc(C)cc(C)c2)nn1. The molecule has 2 N–H and O–H groups in total. The molecule has 144 valence electrons. The summed E-state index contributed by atoms with van der Waals surface area (Å²) in [6.45, 7) is 4.07. The van der Waals surface area contributed by atoms with Crippen LogP contribution in [0.1, 0.15) is 21.5 Å². The van der Waals surface area contributed by atoms with Crippen LogP contribution < -0.4 is 20.1 Å². The molecule has 7 heteroatoms. The Labute approximate surface area is 163 Å². The summed E-state index contributed by atoms with van der Waals surface area (Å²) >= 11 is 0. The zero-order valence-corrected chi connectivity index (χ0v) is 16.2. The fourth-order valence-corrected chi connectivity index (χ4v) is 2.91. The Bertz CT molecular complexity index is 945. The number of ether oxygens (including phenoxy) is 2. The van der Waals surface area contributed by atoms with Crippen LogP contribution in [0, 0.1) is 13.8 Å². The Morgan fingerprint density at radius 1 is 0.857 bits per heavy atom. The summed E-state index contributed by atoms with van der Waals surface area (Å²) in [6.07, 6.45) is 0. The number of carbonyl (C=O) groups excluding carboxylic acids is 1. The summed E-state index contributed by atoms with van der Waals surface area (Å²) in [5.41, 5.74) is 3.55. The van der Waals surface area contributed by atoms with E-state index in [-0.39, 0.29) is 0 Å². The van der Waals surface area contributed by atoms with Crippen LogP contribution in [0.2, 0.25) is 0 Å². The predicted octanol–water partition coefficient (Wildman–Crippen LogP) is 4.11. The molecule has 0 radical (unpaired) electrons. The lowest BCUT2D eigenvalue weighted by Crippen LogP contribution is -2.16. The first-order valence-corrected chi connectivity index (χ1v) is 8.71. The van der Waals surface area contributed by atoms with Gasteiger partial charge in [-0.1, -0.05) is 12.1 Å². The number of aromatic nitrogens is 2. The van der Waals surface area contributed by atoms with Gasteiger partial charge in [0, 0.05) is 5.69 Å². The maximum atomic E-state index is 12.7. The number of hydrogen-bond donors (Lipinski definition) is 2. The fourth-order valence-electron chi connectivity index (χ4n) is 2.91. The maximum absolute atomic E-state index is 12.7. The van der Waals surface area contributed by atoms with Gasteiger partial charge in [-0.25, -0.2) is 0 Å². The minimum absolute atomic E-state index is 0.298. The van der Waals surface area contributed by atoms with Gasteiger partial charge < -0.3 is 20.1 Å². The lowest BCUT2D eigenvalue weighted by Gasteiger charge is -2.12. The van der Waals surface area contributed by atoms with Gasteiger partial charge in [-0.15, -0.1) is 10.2 Å². The second-order valence-electron chi connectivity index (χ2n) is 6.30. The molecule has 0 aliphatic rings. The number of benzene rings is 2. The largest absolute Gasteiger partial charge is 0.496 e. The van der Waals surface area contributed by atoms with Gasteiger partial charge in [0.2, 0.25) is 0 Å². The average Bonchev–Trinajstić information content (AvgIpc) is 2.68. The van der Waals surface area contributed by atoms with Crippen molar-refractivity contribution in [1.82, 2.24) is 10.2 Å². The highest BCUT2D eigenvalue weighted by molar-refractivity contribution is 6.07. The quantitative estimate of drug-likeness (QED) is 0.671. The van der Waals surface area contributed by atoms with Crippen LogP contribution in [0.3, 0.4) is 0 Å². The second-order valence-corrected chi connectivity index (χ2v) is 6.30. The molecule has 0 aliphatic carbocycles. The van der Waals surface area contributed by atoms with Gasteiger partial charge in [0.05, 0.1) is 14.2 Å². The normalized spacial score (nSPS) is 10.3. The van der Waals surface area contributed by atoms with Gasteiger partial charge in [0.1, 0.15) is 17.1 Å². The zero-order chi connectivity index (χ0) is 20.1. The molecule has 0 bridgehead atoms. The third kappa shape index (κ3) is 4.37. The van der Waals surface area contributed by atoms with Crippen molar-refractivity contribution in [3.05, 3.63) is 65.2 Å². The van der Waals surface area contributed by atoms with E-state index in [0.717, 1.165) is 16.8 Å². The van der Waals surface area contributed by atoms with Crippen molar-refractivity contribution in [2.24, 2.45) is 0 Å². The molecule has 0 unspecified atom stereocenters. The monoisotopic (exact) mass is 378 g/mol. The maximum Gasteiger partial charge on any atom is 0.264 e. The topological polar surface area (TPSA) is 85.4 Å². The highest BCUT2D eigenvalue weighted by Gasteiger charge is 2.18. The number of amides is 1. The number of methoxy groups -OCH3 is 2. The molecule has 0 saturated carbocycles. The smallest absolute Gasteiger partial charge is 0.264 e. The van der Waals surface area contributed by atoms with Crippen molar-refractivity contribution in [1.29, 1.82) is 0 Å². The Balaban J connectivity index is 1.75. The first-order chi connectivity index (χ1) is 13.5. The minimum Gasteiger partial charge on any atom is -0.496 e. The summed E-state index contributed by atoms with van der Waals surface area (Å²) in [7, 11) is 3.00. The molecule has 3 aromatic rings. The van der Waals surface area contributed by atoms with E-state index < -0.39 is 5.91 Å². The first-order valence-electron chi connectivity index (χ1n) is 8.71. The fraction of sp³-hybridized carbons (Fsp3) is 0.190. The van der Waals surface area contributed by atoms with Crippen LogP contribution in [0.15, 0.2) is 48.5 Å². The van der Waals surface area contributed by atoms with Crippen LogP contribution in [0.25, 0.3) is 0 Å². The Morgan fingerprint density at radius 2 is 1.43 bits per heavy atom. The van der Waals surface area contributed by atoms with E-state index in [1.165, 1.54) is 14.2 Å². The van der Waals surface area contributed by atoms with E-state index in [9.17, 15) is 4.79 Å². The molecule has 28 heavy (non-hydrogen) atoms. The van der Waals surface area contributed by atoms with Crippen molar-refractivity contribution in [2.45, 2.75) is 13.8 Å². The molecule has 2 aromatic carbocycles. The molecule has 0 atom stereocenters. The Hall–Kier alpha value is -3.61. The van der Waals surface area contributed by atoms with Crippen molar-refractivity contribution in [2.75, 3.05) is 24.9 Å². The molecule has 1 heterocycles. The number of hydrogen-bond acceptors (Lipinski definition) is 6. The highest BCUT2D eigenvalue weighted by Crippen LogP contribution is 2.29. The van der Waals surface area contributed by atoms with Crippen molar-refractivity contribution in [3.63, 3.8) is 0 Å². The summed E-state index contributed by atoms with van der Waals surface area (Å²) in [5.74, 6) is 1.34. The Morgan fingerprint density at radius 3 is 1.96 bits per heavy atom. The second kappa shape index (κ2) is 8.39. The van der Waals surface area contributed by atoms with Crippen LogP contribution in [0.5, 0.6) is 11.5 Å². The average molecular weight is 378 g/mol.